The first-order valence-corrected chi connectivity index (χ1v) is 7.03. The SMILES string of the molecule is Cc1cccc(-n2cc(COc3ncc(C)c(C)n3)nn2)c1. The topological polar surface area (TPSA) is 65.7 Å². The maximum Gasteiger partial charge on any atom is 0.316 e. The van der Waals surface area contributed by atoms with Gasteiger partial charge in [-0.25, -0.2) is 14.6 Å². The van der Waals surface area contributed by atoms with Crippen molar-refractivity contribution in [2.75, 3.05) is 0 Å². The molecule has 1 aromatic carbocycles. The molecule has 0 N–H and O–H groups in total. The number of aromatic nitrogens is 5. The summed E-state index contributed by atoms with van der Waals surface area (Å²) in [5.41, 5.74) is 4.82. The highest BCUT2D eigenvalue weighted by Gasteiger charge is 2.06. The number of aryl methyl sites for hydroxylation is 3. The molecule has 3 aromatic rings. The lowest BCUT2D eigenvalue weighted by Crippen LogP contribution is -2.01. The van der Waals surface area contributed by atoms with Gasteiger partial charge in [0.1, 0.15) is 12.3 Å². The zero-order valence-electron chi connectivity index (χ0n) is 12.8. The Morgan fingerprint density at radius 1 is 1.18 bits per heavy atom. The summed E-state index contributed by atoms with van der Waals surface area (Å²) in [7, 11) is 0. The Hall–Kier alpha value is -2.76. The van der Waals surface area contributed by atoms with E-state index >= 15 is 0 Å². The van der Waals surface area contributed by atoms with Crippen molar-refractivity contribution >= 4 is 0 Å². The average molecular weight is 295 g/mol. The molecular weight excluding hydrogens is 278 g/mol. The van der Waals surface area contributed by atoms with Crippen molar-refractivity contribution in [3.05, 3.63) is 59.2 Å². The molecule has 3 rings (SSSR count). The second kappa shape index (κ2) is 5.93. The van der Waals surface area contributed by atoms with Gasteiger partial charge in [-0.15, -0.1) is 5.10 Å². The third-order valence-electron chi connectivity index (χ3n) is 3.36. The smallest absolute Gasteiger partial charge is 0.316 e. The minimum Gasteiger partial charge on any atom is -0.457 e. The Balaban J connectivity index is 1.70. The fourth-order valence-corrected chi connectivity index (χ4v) is 1.98. The first-order chi connectivity index (χ1) is 10.6. The number of rotatable bonds is 4. The fraction of sp³-hybridized carbons (Fsp3) is 0.250. The second-order valence-corrected chi connectivity index (χ2v) is 5.20. The minimum absolute atomic E-state index is 0.286. The molecule has 0 radical (unpaired) electrons. The lowest BCUT2D eigenvalue weighted by molar-refractivity contribution is 0.275. The molecule has 2 aromatic heterocycles. The van der Waals surface area contributed by atoms with Crippen LogP contribution in [-0.4, -0.2) is 25.0 Å². The third-order valence-corrected chi connectivity index (χ3v) is 3.36. The van der Waals surface area contributed by atoms with Crippen molar-refractivity contribution in [3.8, 4) is 11.7 Å². The largest absolute Gasteiger partial charge is 0.457 e. The van der Waals surface area contributed by atoms with Gasteiger partial charge < -0.3 is 4.74 Å². The standard InChI is InChI=1S/C16H17N5O/c1-11-5-4-6-15(7-11)21-9-14(19-20-21)10-22-16-17-8-12(2)13(3)18-16/h4-9H,10H2,1-3H3. The van der Waals surface area contributed by atoms with Gasteiger partial charge in [0.25, 0.3) is 0 Å². The zero-order valence-corrected chi connectivity index (χ0v) is 12.8. The van der Waals surface area contributed by atoms with Gasteiger partial charge in [0.2, 0.25) is 0 Å². The lowest BCUT2D eigenvalue weighted by Gasteiger charge is -2.04. The first-order valence-electron chi connectivity index (χ1n) is 7.03. The Morgan fingerprint density at radius 3 is 2.82 bits per heavy atom. The predicted molar refractivity (Wildman–Crippen MR) is 81.9 cm³/mol. The number of hydrogen-bond acceptors (Lipinski definition) is 5. The van der Waals surface area contributed by atoms with E-state index in [9.17, 15) is 0 Å². The average Bonchev–Trinajstić information content (AvgIpc) is 2.97. The van der Waals surface area contributed by atoms with Gasteiger partial charge in [0, 0.05) is 11.9 Å². The van der Waals surface area contributed by atoms with Crippen LogP contribution in [0, 0.1) is 20.8 Å². The Labute approximate surface area is 128 Å². The van der Waals surface area contributed by atoms with Crippen LogP contribution in [0.25, 0.3) is 5.69 Å². The molecule has 2 heterocycles. The summed E-state index contributed by atoms with van der Waals surface area (Å²) in [6.07, 6.45) is 3.59. The Kier molecular flexibility index (Phi) is 3.82. The van der Waals surface area contributed by atoms with Crippen molar-refractivity contribution < 1.29 is 4.74 Å². The van der Waals surface area contributed by atoms with E-state index in [1.54, 1.807) is 10.9 Å². The van der Waals surface area contributed by atoms with E-state index in [0.717, 1.165) is 22.6 Å². The van der Waals surface area contributed by atoms with Gasteiger partial charge in [0.05, 0.1) is 11.9 Å². The zero-order chi connectivity index (χ0) is 15.5. The molecule has 0 saturated carbocycles. The molecule has 0 spiro atoms. The summed E-state index contributed by atoms with van der Waals surface area (Å²) in [5, 5.41) is 8.23. The molecule has 6 nitrogen and oxygen atoms in total. The van der Waals surface area contributed by atoms with Gasteiger partial charge in [-0.2, -0.15) is 0 Å². The second-order valence-electron chi connectivity index (χ2n) is 5.20. The summed E-state index contributed by atoms with van der Waals surface area (Å²) in [5.74, 6) is 0. The highest BCUT2D eigenvalue weighted by atomic mass is 16.5. The van der Waals surface area contributed by atoms with E-state index in [2.05, 4.69) is 20.3 Å². The molecule has 22 heavy (non-hydrogen) atoms. The first kappa shape index (κ1) is 14.2. The van der Waals surface area contributed by atoms with Crippen LogP contribution in [0.15, 0.2) is 36.7 Å². The summed E-state index contributed by atoms with van der Waals surface area (Å²) in [6.45, 7) is 6.22. The molecule has 0 bridgehead atoms. The molecule has 0 amide bonds. The normalized spacial score (nSPS) is 10.7. The number of benzene rings is 1. The molecular formula is C16H17N5O. The van der Waals surface area contributed by atoms with Gasteiger partial charge in [-0.3, -0.25) is 0 Å². The van der Waals surface area contributed by atoms with Crippen LogP contribution in [0.3, 0.4) is 0 Å². The van der Waals surface area contributed by atoms with Crippen molar-refractivity contribution in [1.82, 2.24) is 25.0 Å². The van der Waals surface area contributed by atoms with Gasteiger partial charge >= 0.3 is 6.01 Å². The lowest BCUT2D eigenvalue weighted by atomic mass is 10.2. The van der Waals surface area contributed by atoms with Crippen molar-refractivity contribution in [1.29, 1.82) is 0 Å². The summed E-state index contributed by atoms with van der Waals surface area (Å²) in [6, 6.07) is 8.42. The maximum atomic E-state index is 5.56. The Bertz CT molecular complexity index is 797. The van der Waals surface area contributed by atoms with E-state index in [4.69, 9.17) is 4.74 Å². The molecule has 0 aliphatic rings. The number of hydrogen-bond donors (Lipinski definition) is 0. The molecule has 0 aliphatic heterocycles. The van der Waals surface area contributed by atoms with E-state index < -0.39 is 0 Å². The van der Waals surface area contributed by atoms with E-state index in [1.165, 1.54) is 5.56 Å². The highest BCUT2D eigenvalue weighted by molar-refractivity contribution is 5.34. The van der Waals surface area contributed by atoms with Gasteiger partial charge in [-0.05, 0) is 44.0 Å². The van der Waals surface area contributed by atoms with Crippen LogP contribution in [0.5, 0.6) is 6.01 Å². The number of ether oxygens (including phenoxy) is 1. The van der Waals surface area contributed by atoms with Crippen LogP contribution >= 0.6 is 0 Å². The van der Waals surface area contributed by atoms with Crippen molar-refractivity contribution in [3.63, 3.8) is 0 Å². The van der Waals surface area contributed by atoms with Crippen molar-refractivity contribution in [2.24, 2.45) is 0 Å². The summed E-state index contributed by atoms with van der Waals surface area (Å²) in [4.78, 5) is 8.42. The molecule has 6 heteroatoms. The quantitative estimate of drug-likeness (QED) is 0.740. The molecule has 112 valence electrons. The van der Waals surface area contributed by atoms with Crippen LogP contribution in [0.2, 0.25) is 0 Å². The van der Waals surface area contributed by atoms with Gasteiger partial charge in [0.15, 0.2) is 0 Å². The minimum atomic E-state index is 0.286. The number of nitrogens with zero attached hydrogens (tertiary/aromatic N) is 5. The van der Waals surface area contributed by atoms with E-state index in [-0.39, 0.29) is 6.61 Å². The van der Waals surface area contributed by atoms with Crippen LogP contribution in [-0.2, 0) is 6.61 Å². The van der Waals surface area contributed by atoms with E-state index in [1.807, 2.05) is 51.2 Å². The maximum absolute atomic E-state index is 5.56. The highest BCUT2D eigenvalue weighted by Crippen LogP contribution is 2.11. The molecule has 0 unspecified atom stereocenters. The van der Waals surface area contributed by atoms with Crippen LogP contribution in [0.4, 0.5) is 0 Å². The summed E-state index contributed by atoms with van der Waals surface area (Å²) >= 11 is 0. The molecule has 0 saturated heterocycles. The fourth-order valence-electron chi connectivity index (χ4n) is 1.98. The Morgan fingerprint density at radius 2 is 2.05 bits per heavy atom. The molecule has 0 atom stereocenters. The summed E-state index contributed by atoms with van der Waals surface area (Å²) < 4.78 is 7.29. The van der Waals surface area contributed by atoms with Gasteiger partial charge in [-0.1, -0.05) is 17.3 Å². The van der Waals surface area contributed by atoms with Crippen LogP contribution < -0.4 is 4.74 Å². The monoisotopic (exact) mass is 295 g/mol. The molecule has 0 aliphatic carbocycles. The van der Waals surface area contributed by atoms with Crippen molar-refractivity contribution in [2.45, 2.75) is 27.4 Å². The predicted octanol–water partition coefficient (Wildman–Crippen LogP) is 2.56. The molecule has 0 fully saturated rings. The van der Waals surface area contributed by atoms with Crippen LogP contribution in [0.1, 0.15) is 22.5 Å². The third kappa shape index (κ3) is 3.11. The van der Waals surface area contributed by atoms with E-state index in [0.29, 0.717) is 6.01 Å².